The Hall–Kier alpha value is -2.70. The molecule has 26 heavy (non-hydrogen) atoms. The predicted octanol–water partition coefficient (Wildman–Crippen LogP) is 1.91. The average molecular weight is 360 g/mol. The maximum atomic E-state index is 12.2. The van der Waals surface area contributed by atoms with Crippen LogP contribution in [0.3, 0.4) is 0 Å². The minimum Gasteiger partial charge on any atom is -0.464 e. The van der Waals surface area contributed by atoms with Crippen molar-refractivity contribution in [2.45, 2.75) is 45.6 Å². The molecular formula is C19H24N2O5. The van der Waals surface area contributed by atoms with Crippen LogP contribution >= 0.6 is 0 Å². The van der Waals surface area contributed by atoms with Gasteiger partial charge in [0.05, 0.1) is 17.7 Å². The lowest BCUT2D eigenvalue weighted by Gasteiger charge is -2.14. The molecule has 1 unspecified atom stereocenters. The minimum absolute atomic E-state index is 0.216. The van der Waals surface area contributed by atoms with E-state index < -0.39 is 12.0 Å². The number of unbranched alkanes of at least 4 members (excludes halogenated alkanes) is 2. The Morgan fingerprint density at radius 2 is 1.69 bits per heavy atom. The molecule has 1 aromatic carbocycles. The molecule has 0 radical (unpaired) electrons. The summed E-state index contributed by atoms with van der Waals surface area (Å²) < 4.78 is 4.83. The molecule has 140 valence electrons. The van der Waals surface area contributed by atoms with Gasteiger partial charge in [-0.1, -0.05) is 18.6 Å². The molecule has 1 aromatic rings. The van der Waals surface area contributed by atoms with E-state index in [0.29, 0.717) is 36.9 Å². The zero-order chi connectivity index (χ0) is 19.1. The van der Waals surface area contributed by atoms with E-state index in [0.717, 1.165) is 0 Å². The SMILES string of the molecule is CCOC(=O)C(C)NC(=O)CCCCCN1C(=O)c2ccccc2C1=O. The fourth-order valence-corrected chi connectivity index (χ4v) is 2.81. The van der Waals surface area contributed by atoms with Gasteiger partial charge in [0.2, 0.25) is 5.91 Å². The molecule has 3 amide bonds. The number of hydrogen-bond acceptors (Lipinski definition) is 5. The van der Waals surface area contributed by atoms with Crippen molar-refractivity contribution in [1.82, 2.24) is 10.2 Å². The topological polar surface area (TPSA) is 92.8 Å². The van der Waals surface area contributed by atoms with E-state index in [9.17, 15) is 19.2 Å². The summed E-state index contributed by atoms with van der Waals surface area (Å²) >= 11 is 0. The van der Waals surface area contributed by atoms with Crippen LogP contribution in [0.2, 0.25) is 0 Å². The first-order chi connectivity index (χ1) is 12.5. The monoisotopic (exact) mass is 360 g/mol. The predicted molar refractivity (Wildman–Crippen MR) is 94.5 cm³/mol. The largest absolute Gasteiger partial charge is 0.464 e. The maximum absolute atomic E-state index is 12.2. The van der Waals surface area contributed by atoms with Gasteiger partial charge in [-0.2, -0.15) is 0 Å². The van der Waals surface area contributed by atoms with Crippen LogP contribution in [0.4, 0.5) is 0 Å². The molecule has 0 bridgehead atoms. The molecule has 1 aliphatic rings. The lowest BCUT2D eigenvalue weighted by atomic mass is 10.1. The van der Waals surface area contributed by atoms with Gasteiger partial charge in [-0.3, -0.25) is 19.3 Å². The molecule has 1 N–H and O–H groups in total. The second-order valence-electron chi connectivity index (χ2n) is 6.16. The van der Waals surface area contributed by atoms with Crippen LogP contribution in [0.5, 0.6) is 0 Å². The molecule has 0 aromatic heterocycles. The summed E-state index contributed by atoms with van der Waals surface area (Å²) in [5, 5.41) is 2.59. The Labute approximate surface area is 152 Å². The van der Waals surface area contributed by atoms with Crippen molar-refractivity contribution in [3.05, 3.63) is 35.4 Å². The van der Waals surface area contributed by atoms with E-state index >= 15 is 0 Å². The van der Waals surface area contributed by atoms with Crippen molar-refractivity contribution in [3.8, 4) is 0 Å². The van der Waals surface area contributed by atoms with Crippen LogP contribution < -0.4 is 5.32 Å². The lowest BCUT2D eigenvalue weighted by Crippen LogP contribution is -2.39. The van der Waals surface area contributed by atoms with Gasteiger partial charge in [-0.15, -0.1) is 0 Å². The van der Waals surface area contributed by atoms with Crippen molar-refractivity contribution in [1.29, 1.82) is 0 Å². The van der Waals surface area contributed by atoms with Crippen LogP contribution in [0.1, 0.15) is 60.2 Å². The van der Waals surface area contributed by atoms with Gasteiger partial charge in [0.25, 0.3) is 11.8 Å². The summed E-state index contributed by atoms with van der Waals surface area (Å²) in [7, 11) is 0. The molecule has 0 spiro atoms. The third kappa shape index (κ3) is 4.68. The second-order valence-corrected chi connectivity index (χ2v) is 6.16. The number of carbonyl (C=O) groups is 4. The average Bonchev–Trinajstić information content (AvgIpc) is 2.86. The van der Waals surface area contributed by atoms with Crippen molar-refractivity contribution in [2.24, 2.45) is 0 Å². The van der Waals surface area contributed by atoms with E-state index in [1.807, 2.05) is 0 Å². The fraction of sp³-hybridized carbons (Fsp3) is 0.474. The number of esters is 1. The first-order valence-electron chi connectivity index (χ1n) is 8.87. The van der Waals surface area contributed by atoms with Gasteiger partial charge in [0.15, 0.2) is 0 Å². The number of benzene rings is 1. The van der Waals surface area contributed by atoms with Gasteiger partial charge in [0, 0.05) is 13.0 Å². The fourth-order valence-electron chi connectivity index (χ4n) is 2.81. The number of ether oxygens (including phenoxy) is 1. The molecule has 1 heterocycles. The summed E-state index contributed by atoms with van der Waals surface area (Å²) in [6.07, 6.45) is 2.23. The van der Waals surface area contributed by atoms with Gasteiger partial charge in [0.1, 0.15) is 6.04 Å². The Kier molecular flexibility index (Phi) is 6.89. The third-order valence-electron chi connectivity index (χ3n) is 4.18. The summed E-state index contributed by atoms with van der Waals surface area (Å²) in [4.78, 5) is 48.9. The number of fused-ring (bicyclic) bond motifs is 1. The third-order valence-corrected chi connectivity index (χ3v) is 4.18. The van der Waals surface area contributed by atoms with Crippen molar-refractivity contribution < 1.29 is 23.9 Å². The molecule has 2 rings (SSSR count). The van der Waals surface area contributed by atoms with Gasteiger partial charge >= 0.3 is 5.97 Å². The van der Waals surface area contributed by atoms with E-state index in [1.54, 1.807) is 38.1 Å². The van der Waals surface area contributed by atoms with Crippen LogP contribution in [-0.4, -0.2) is 47.8 Å². The van der Waals surface area contributed by atoms with Crippen molar-refractivity contribution in [2.75, 3.05) is 13.2 Å². The van der Waals surface area contributed by atoms with E-state index in [2.05, 4.69) is 5.32 Å². The Morgan fingerprint density at radius 3 is 2.27 bits per heavy atom. The molecule has 1 aliphatic heterocycles. The first-order valence-corrected chi connectivity index (χ1v) is 8.87. The summed E-state index contributed by atoms with van der Waals surface area (Å²) in [5.74, 6) is -1.18. The van der Waals surface area contributed by atoms with Crippen LogP contribution in [0.25, 0.3) is 0 Å². The lowest BCUT2D eigenvalue weighted by molar-refractivity contribution is -0.146. The zero-order valence-corrected chi connectivity index (χ0v) is 15.1. The summed E-state index contributed by atoms with van der Waals surface area (Å²) in [6.45, 7) is 3.91. The number of amides is 3. The van der Waals surface area contributed by atoms with Gasteiger partial charge in [-0.25, -0.2) is 4.79 Å². The molecule has 0 aliphatic carbocycles. The first kappa shape index (κ1) is 19.6. The molecule has 0 saturated heterocycles. The second kappa shape index (κ2) is 9.12. The number of imide groups is 1. The van der Waals surface area contributed by atoms with Gasteiger partial charge < -0.3 is 10.1 Å². The Bertz CT molecular complexity index is 666. The number of hydrogen-bond donors (Lipinski definition) is 1. The number of rotatable bonds is 9. The van der Waals surface area contributed by atoms with E-state index in [1.165, 1.54) is 4.90 Å². The highest BCUT2D eigenvalue weighted by Gasteiger charge is 2.34. The van der Waals surface area contributed by atoms with Crippen LogP contribution in [0, 0.1) is 0 Å². The Morgan fingerprint density at radius 1 is 1.08 bits per heavy atom. The standard InChI is InChI=1S/C19H24N2O5/c1-3-26-19(25)13(2)20-16(22)11-5-4-8-12-21-17(23)14-9-6-7-10-15(14)18(21)24/h6-7,9-10,13H,3-5,8,11-12H2,1-2H3,(H,20,22). The number of nitrogens with one attached hydrogen (secondary N) is 1. The van der Waals surface area contributed by atoms with E-state index in [-0.39, 0.29) is 30.7 Å². The molecular weight excluding hydrogens is 336 g/mol. The molecule has 0 saturated carbocycles. The van der Waals surface area contributed by atoms with Gasteiger partial charge in [-0.05, 0) is 38.8 Å². The number of nitrogens with zero attached hydrogens (tertiary/aromatic N) is 1. The maximum Gasteiger partial charge on any atom is 0.328 e. The quantitative estimate of drug-likeness (QED) is 0.412. The molecule has 0 fully saturated rings. The zero-order valence-electron chi connectivity index (χ0n) is 15.1. The summed E-state index contributed by atoms with van der Waals surface area (Å²) in [5.41, 5.74) is 0.898. The highest BCUT2D eigenvalue weighted by molar-refractivity contribution is 6.21. The summed E-state index contributed by atoms with van der Waals surface area (Å²) in [6, 6.07) is 6.13. The molecule has 1 atom stereocenters. The number of carbonyl (C=O) groups excluding carboxylic acids is 4. The Balaban J connectivity index is 1.67. The van der Waals surface area contributed by atoms with Crippen molar-refractivity contribution >= 4 is 23.7 Å². The molecule has 7 heteroatoms. The van der Waals surface area contributed by atoms with Crippen molar-refractivity contribution in [3.63, 3.8) is 0 Å². The van der Waals surface area contributed by atoms with Crippen LogP contribution in [-0.2, 0) is 14.3 Å². The minimum atomic E-state index is -0.666. The highest BCUT2D eigenvalue weighted by Crippen LogP contribution is 2.22. The smallest absolute Gasteiger partial charge is 0.328 e. The normalized spacial score (nSPS) is 14.2. The van der Waals surface area contributed by atoms with Crippen LogP contribution in [0.15, 0.2) is 24.3 Å². The molecule has 7 nitrogen and oxygen atoms in total. The highest BCUT2D eigenvalue weighted by atomic mass is 16.5. The van der Waals surface area contributed by atoms with E-state index in [4.69, 9.17) is 4.74 Å².